The predicted molar refractivity (Wildman–Crippen MR) is 111 cm³/mol. The fourth-order valence-electron chi connectivity index (χ4n) is 3.34. The Morgan fingerprint density at radius 2 is 1.42 bits per heavy atom. The van der Waals surface area contributed by atoms with E-state index < -0.39 is 29.1 Å². The summed E-state index contributed by atoms with van der Waals surface area (Å²) in [5.41, 5.74) is 1.11. The molecule has 0 unspecified atom stereocenters. The summed E-state index contributed by atoms with van der Waals surface area (Å²) < 4.78 is 70.1. The van der Waals surface area contributed by atoms with Crippen molar-refractivity contribution in [3.63, 3.8) is 0 Å². The molecular formula is C26H15F5. The van der Waals surface area contributed by atoms with Crippen LogP contribution in [0.5, 0.6) is 0 Å². The van der Waals surface area contributed by atoms with Gasteiger partial charge in [0.05, 0.1) is 5.56 Å². The first kappa shape index (κ1) is 20.6. The second kappa shape index (κ2) is 8.23. The molecular weight excluding hydrogens is 407 g/mol. The van der Waals surface area contributed by atoms with Crippen LogP contribution in [-0.2, 0) is 6.42 Å². The number of hydrogen-bond donors (Lipinski definition) is 0. The number of fused-ring (bicyclic) bond motifs is 1. The zero-order chi connectivity index (χ0) is 22.1. The van der Waals surface area contributed by atoms with E-state index in [4.69, 9.17) is 0 Å². The zero-order valence-electron chi connectivity index (χ0n) is 16.4. The SMILES string of the molecule is CCc1cc(F)c(C#Cc2ccc(-c3ccc4c(F)c(F)ccc4c3)c(F)c2)c(F)c1. The average molecular weight is 422 g/mol. The molecule has 0 N–H and O–H groups in total. The Labute approximate surface area is 176 Å². The molecule has 0 aliphatic carbocycles. The van der Waals surface area contributed by atoms with Crippen LogP contribution in [0.1, 0.15) is 23.6 Å². The molecule has 5 heteroatoms. The fraction of sp³-hybridized carbons (Fsp3) is 0.0769. The highest BCUT2D eigenvalue weighted by molar-refractivity contribution is 5.88. The first-order valence-electron chi connectivity index (χ1n) is 9.55. The van der Waals surface area contributed by atoms with Gasteiger partial charge in [-0.1, -0.05) is 43.0 Å². The van der Waals surface area contributed by atoms with Crippen molar-refractivity contribution >= 4 is 10.8 Å². The van der Waals surface area contributed by atoms with Gasteiger partial charge >= 0.3 is 0 Å². The van der Waals surface area contributed by atoms with E-state index in [0.717, 1.165) is 12.1 Å². The predicted octanol–water partition coefficient (Wildman–Crippen LogP) is 7.16. The fourth-order valence-corrected chi connectivity index (χ4v) is 3.34. The van der Waals surface area contributed by atoms with E-state index >= 15 is 0 Å². The Hall–Kier alpha value is -3.65. The van der Waals surface area contributed by atoms with Crippen LogP contribution in [0.4, 0.5) is 22.0 Å². The summed E-state index contributed by atoms with van der Waals surface area (Å²) in [6.07, 6.45) is 0.491. The molecule has 0 amide bonds. The number of rotatable bonds is 2. The molecule has 0 saturated carbocycles. The van der Waals surface area contributed by atoms with Gasteiger partial charge < -0.3 is 0 Å². The number of halogens is 5. The lowest BCUT2D eigenvalue weighted by Gasteiger charge is -2.07. The van der Waals surface area contributed by atoms with Crippen LogP contribution in [0.15, 0.2) is 60.7 Å². The highest BCUT2D eigenvalue weighted by Gasteiger charge is 2.11. The smallest absolute Gasteiger partial charge is 0.166 e. The maximum Gasteiger partial charge on any atom is 0.166 e. The van der Waals surface area contributed by atoms with Crippen molar-refractivity contribution in [3.8, 4) is 23.0 Å². The van der Waals surface area contributed by atoms with Gasteiger partial charge in [0.2, 0.25) is 0 Å². The second-order valence-electron chi connectivity index (χ2n) is 7.03. The van der Waals surface area contributed by atoms with Crippen molar-refractivity contribution in [2.24, 2.45) is 0 Å². The van der Waals surface area contributed by atoms with E-state index in [2.05, 4.69) is 11.8 Å². The first-order valence-corrected chi connectivity index (χ1v) is 9.55. The molecule has 4 rings (SSSR count). The van der Waals surface area contributed by atoms with E-state index in [1.165, 1.54) is 42.5 Å². The quantitative estimate of drug-likeness (QED) is 0.237. The summed E-state index contributed by atoms with van der Waals surface area (Å²) in [4.78, 5) is 0. The van der Waals surface area contributed by atoms with Crippen LogP contribution in [0.3, 0.4) is 0 Å². The first-order chi connectivity index (χ1) is 14.9. The van der Waals surface area contributed by atoms with Gasteiger partial charge in [-0.25, -0.2) is 22.0 Å². The molecule has 0 saturated heterocycles. The lowest BCUT2D eigenvalue weighted by molar-refractivity contribution is 0.517. The maximum absolute atomic E-state index is 14.7. The van der Waals surface area contributed by atoms with E-state index in [1.807, 2.05) is 0 Å². The molecule has 0 nitrogen and oxygen atoms in total. The van der Waals surface area contributed by atoms with Crippen LogP contribution >= 0.6 is 0 Å². The summed E-state index contributed by atoms with van der Waals surface area (Å²) in [6, 6.07) is 13.5. The normalized spacial score (nSPS) is 10.8. The van der Waals surface area contributed by atoms with Gasteiger partial charge in [0.1, 0.15) is 17.5 Å². The third kappa shape index (κ3) is 4.02. The molecule has 154 valence electrons. The van der Waals surface area contributed by atoms with Crippen molar-refractivity contribution in [1.82, 2.24) is 0 Å². The summed E-state index contributed by atoms with van der Waals surface area (Å²) >= 11 is 0. The molecule has 0 bridgehead atoms. The Bertz CT molecular complexity index is 1350. The zero-order valence-corrected chi connectivity index (χ0v) is 16.4. The van der Waals surface area contributed by atoms with Gasteiger partial charge in [-0.2, -0.15) is 0 Å². The third-order valence-corrected chi connectivity index (χ3v) is 5.03. The topological polar surface area (TPSA) is 0 Å². The minimum absolute atomic E-state index is 0.102. The molecule has 0 aromatic heterocycles. The monoisotopic (exact) mass is 422 g/mol. The van der Waals surface area contributed by atoms with Crippen LogP contribution in [0.25, 0.3) is 21.9 Å². The second-order valence-corrected chi connectivity index (χ2v) is 7.03. The molecule has 0 heterocycles. The van der Waals surface area contributed by atoms with Gasteiger partial charge in [-0.15, -0.1) is 0 Å². The summed E-state index contributed by atoms with van der Waals surface area (Å²) in [5.74, 6) is 0.973. The minimum Gasteiger partial charge on any atom is -0.206 e. The van der Waals surface area contributed by atoms with Crippen LogP contribution in [0.2, 0.25) is 0 Å². The van der Waals surface area contributed by atoms with Gasteiger partial charge in [0.15, 0.2) is 11.6 Å². The highest BCUT2D eigenvalue weighted by atomic mass is 19.2. The molecule has 0 spiro atoms. The van der Waals surface area contributed by atoms with Gasteiger partial charge in [-0.3, -0.25) is 0 Å². The summed E-state index contributed by atoms with van der Waals surface area (Å²) in [5, 5.41) is 0.533. The molecule has 0 radical (unpaired) electrons. The van der Waals surface area contributed by atoms with Crippen LogP contribution in [-0.4, -0.2) is 0 Å². The standard InChI is InChI=1S/C26H15F5/c1-2-15-11-24(29)21(25(30)12-15)8-4-16-3-7-19(23(28)13-16)17-5-9-20-18(14-17)6-10-22(27)26(20)31/h3,5-7,9-14H,2H2,1H3. The van der Waals surface area contributed by atoms with E-state index in [1.54, 1.807) is 13.0 Å². The maximum atomic E-state index is 14.7. The summed E-state index contributed by atoms with van der Waals surface area (Å²) in [6.45, 7) is 1.79. The van der Waals surface area contributed by atoms with E-state index in [0.29, 0.717) is 22.9 Å². The Kier molecular flexibility index (Phi) is 5.48. The molecule has 4 aromatic carbocycles. The van der Waals surface area contributed by atoms with E-state index in [-0.39, 0.29) is 22.1 Å². The summed E-state index contributed by atoms with van der Waals surface area (Å²) in [7, 11) is 0. The van der Waals surface area contributed by atoms with Gasteiger partial charge in [-0.05, 0) is 59.3 Å². The Morgan fingerprint density at radius 3 is 2.10 bits per heavy atom. The van der Waals surface area contributed by atoms with Crippen molar-refractivity contribution in [1.29, 1.82) is 0 Å². The van der Waals surface area contributed by atoms with Crippen LogP contribution < -0.4 is 0 Å². The van der Waals surface area contributed by atoms with Gasteiger partial charge in [0, 0.05) is 16.5 Å². The van der Waals surface area contributed by atoms with Crippen molar-refractivity contribution < 1.29 is 22.0 Å². The number of hydrogen-bond acceptors (Lipinski definition) is 0. The average Bonchev–Trinajstić information content (AvgIpc) is 2.75. The third-order valence-electron chi connectivity index (χ3n) is 5.03. The molecule has 0 aliphatic rings. The Morgan fingerprint density at radius 1 is 0.677 bits per heavy atom. The molecule has 0 fully saturated rings. The molecule has 4 aromatic rings. The highest BCUT2D eigenvalue weighted by Crippen LogP contribution is 2.29. The minimum atomic E-state index is -0.957. The Balaban J connectivity index is 1.68. The lowest BCUT2D eigenvalue weighted by Crippen LogP contribution is -1.94. The lowest BCUT2D eigenvalue weighted by atomic mass is 9.99. The molecule has 0 atom stereocenters. The molecule has 31 heavy (non-hydrogen) atoms. The van der Waals surface area contributed by atoms with Gasteiger partial charge in [0.25, 0.3) is 0 Å². The molecule has 0 aliphatic heterocycles. The van der Waals surface area contributed by atoms with E-state index in [9.17, 15) is 22.0 Å². The number of aryl methyl sites for hydroxylation is 1. The number of benzene rings is 4. The van der Waals surface area contributed by atoms with Crippen LogP contribution in [0, 0.1) is 40.9 Å². The van der Waals surface area contributed by atoms with Crippen molar-refractivity contribution in [2.45, 2.75) is 13.3 Å². The van der Waals surface area contributed by atoms with Crippen molar-refractivity contribution in [2.75, 3.05) is 0 Å². The van der Waals surface area contributed by atoms with Crippen molar-refractivity contribution in [3.05, 3.63) is 106 Å². The largest absolute Gasteiger partial charge is 0.206 e.